The number of hydrogen-bond acceptors (Lipinski definition) is 3. The summed E-state index contributed by atoms with van der Waals surface area (Å²) in [6.45, 7) is 0. The quantitative estimate of drug-likeness (QED) is 0.174. The second-order valence-corrected chi connectivity index (χ2v) is 16.2. The molecule has 0 atom stereocenters. The van der Waals surface area contributed by atoms with Gasteiger partial charge in [0.25, 0.3) is 0 Å². The summed E-state index contributed by atoms with van der Waals surface area (Å²) in [5.41, 5.74) is 10.5. The van der Waals surface area contributed by atoms with Crippen LogP contribution in [0.5, 0.6) is 0 Å². The summed E-state index contributed by atoms with van der Waals surface area (Å²) < 4.78 is 11.1. The molecule has 8 heteroatoms. The van der Waals surface area contributed by atoms with Gasteiger partial charge in [-0.1, -0.05) is 109 Å². The van der Waals surface area contributed by atoms with Crippen molar-refractivity contribution < 1.29 is 0 Å². The van der Waals surface area contributed by atoms with Crippen LogP contribution in [0, 0.1) is 0 Å². The molecule has 0 amide bonds. The van der Waals surface area contributed by atoms with Gasteiger partial charge in [0.1, 0.15) is 0 Å². The van der Waals surface area contributed by atoms with Crippen molar-refractivity contribution in [2.45, 2.75) is 0 Å². The average molecular weight is 807 g/mol. The fourth-order valence-electron chi connectivity index (χ4n) is 10.0. The van der Waals surface area contributed by atoms with Gasteiger partial charge in [0, 0.05) is 66.9 Å². The molecule has 294 valence electrons. The van der Waals surface area contributed by atoms with Crippen molar-refractivity contribution in [3.05, 3.63) is 207 Å². The van der Waals surface area contributed by atoms with E-state index in [1.165, 1.54) is 0 Å². The molecule has 6 heterocycles. The van der Waals surface area contributed by atoms with Crippen molar-refractivity contribution in [2.75, 3.05) is 0 Å². The Bertz CT molecular complexity index is 3880. The molecule has 0 aliphatic heterocycles. The molecule has 63 heavy (non-hydrogen) atoms. The molecule has 0 N–H and O–H groups in total. The molecule has 0 radical (unpaired) electrons. The van der Waals surface area contributed by atoms with Crippen molar-refractivity contribution in [3.8, 4) is 29.2 Å². The van der Waals surface area contributed by atoms with Gasteiger partial charge in [0.15, 0.2) is 0 Å². The number of rotatable bonds is 5. The molecule has 0 spiro atoms. The van der Waals surface area contributed by atoms with Gasteiger partial charge in [-0.2, -0.15) is 15.0 Å². The monoisotopic (exact) mass is 806 g/mol. The van der Waals surface area contributed by atoms with Gasteiger partial charge in [0.2, 0.25) is 17.8 Å². The number of benzene rings is 8. The van der Waals surface area contributed by atoms with Gasteiger partial charge in [-0.3, -0.25) is 13.7 Å². The van der Waals surface area contributed by atoms with E-state index in [4.69, 9.17) is 15.0 Å². The minimum absolute atomic E-state index is 0.528. The third-order valence-electron chi connectivity index (χ3n) is 12.8. The normalized spacial score (nSPS) is 12.1. The molecule has 0 saturated carbocycles. The van der Waals surface area contributed by atoms with E-state index in [1.54, 1.807) is 0 Å². The Morgan fingerprint density at radius 2 is 0.571 bits per heavy atom. The van der Waals surface area contributed by atoms with Crippen molar-refractivity contribution in [1.82, 2.24) is 37.8 Å². The minimum atomic E-state index is 0.528. The third-order valence-corrected chi connectivity index (χ3v) is 12.8. The first-order valence-electron chi connectivity index (χ1n) is 21.2. The predicted molar refractivity (Wildman–Crippen MR) is 257 cm³/mol. The van der Waals surface area contributed by atoms with E-state index in [0.29, 0.717) is 17.8 Å². The average Bonchev–Trinajstić information content (AvgIpc) is 4.16. The van der Waals surface area contributed by atoms with Gasteiger partial charge in [-0.05, 0) is 84.9 Å². The van der Waals surface area contributed by atoms with Crippen molar-refractivity contribution >= 4 is 87.2 Å². The number of hydrogen-bond donors (Lipinski definition) is 0. The lowest BCUT2D eigenvalue weighted by Crippen LogP contribution is -2.13. The molecule has 6 aromatic heterocycles. The summed E-state index contributed by atoms with van der Waals surface area (Å²) in [5, 5.41) is 9.11. The first-order chi connectivity index (χ1) is 31.2. The Kier molecular flexibility index (Phi) is 6.95. The lowest BCUT2D eigenvalue weighted by atomic mass is 10.1. The zero-order chi connectivity index (χ0) is 41.2. The van der Waals surface area contributed by atoms with Crippen molar-refractivity contribution in [2.24, 2.45) is 0 Å². The maximum Gasteiger partial charge on any atom is 0.241 e. The second-order valence-electron chi connectivity index (χ2n) is 16.2. The summed E-state index contributed by atoms with van der Waals surface area (Å²) in [6, 6.07) is 68.8. The largest absolute Gasteiger partial charge is 0.316 e. The van der Waals surface area contributed by atoms with Gasteiger partial charge in [0.05, 0.1) is 44.1 Å². The van der Waals surface area contributed by atoms with Crippen LogP contribution in [-0.4, -0.2) is 37.8 Å². The van der Waals surface area contributed by atoms with E-state index in [0.717, 1.165) is 98.6 Å². The van der Waals surface area contributed by atoms with Gasteiger partial charge < -0.3 is 9.13 Å². The number of fused-ring (bicyclic) bond motifs is 11. The molecule has 0 unspecified atom stereocenters. The van der Waals surface area contributed by atoms with Crippen LogP contribution in [0.4, 0.5) is 0 Å². The van der Waals surface area contributed by atoms with E-state index >= 15 is 0 Å². The highest BCUT2D eigenvalue weighted by molar-refractivity contribution is 6.15. The van der Waals surface area contributed by atoms with Crippen molar-refractivity contribution in [1.29, 1.82) is 0 Å². The van der Waals surface area contributed by atoms with E-state index in [9.17, 15) is 0 Å². The van der Waals surface area contributed by atoms with Crippen molar-refractivity contribution in [3.63, 3.8) is 0 Å². The van der Waals surface area contributed by atoms with Gasteiger partial charge in [-0.25, -0.2) is 0 Å². The Labute approximate surface area is 359 Å². The number of nitrogens with zero attached hydrogens (tertiary/aromatic N) is 8. The molecule has 8 aromatic carbocycles. The maximum absolute atomic E-state index is 5.56. The van der Waals surface area contributed by atoms with Crippen LogP contribution in [0.25, 0.3) is 116 Å². The lowest BCUT2D eigenvalue weighted by Gasteiger charge is -2.14. The molecule has 0 saturated heterocycles. The molecule has 0 fully saturated rings. The lowest BCUT2D eigenvalue weighted by molar-refractivity contribution is 0.848. The summed E-state index contributed by atoms with van der Waals surface area (Å²) in [4.78, 5) is 16.6. The Balaban J connectivity index is 1.12. The van der Waals surface area contributed by atoms with Crippen LogP contribution >= 0.6 is 0 Å². The fourth-order valence-corrected chi connectivity index (χ4v) is 10.0. The van der Waals surface area contributed by atoms with E-state index in [-0.39, 0.29) is 0 Å². The third kappa shape index (κ3) is 4.88. The first kappa shape index (κ1) is 34.0. The van der Waals surface area contributed by atoms with Crippen LogP contribution in [-0.2, 0) is 0 Å². The van der Waals surface area contributed by atoms with Gasteiger partial charge in [-0.15, -0.1) is 0 Å². The Hall–Kier alpha value is -8.75. The molecule has 0 bridgehead atoms. The Morgan fingerprint density at radius 1 is 0.254 bits per heavy atom. The van der Waals surface area contributed by atoms with Crippen LogP contribution in [0.1, 0.15) is 0 Å². The van der Waals surface area contributed by atoms with Crippen LogP contribution in [0.15, 0.2) is 207 Å². The molecule has 8 nitrogen and oxygen atoms in total. The smallest absolute Gasteiger partial charge is 0.241 e. The highest BCUT2D eigenvalue weighted by atomic mass is 15.3. The van der Waals surface area contributed by atoms with E-state index in [1.807, 2.05) is 0 Å². The highest BCUT2D eigenvalue weighted by Crippen LogP contribution is 2.39. The van der Waals surface area contributed by atoms with Gasteiger partial charge >= 0.3 is 0 Å². The Morgan fingerprint density at radius 3 is 0.952 bits per heavy atom. The van der Waals surface area contributed by atoms with Crippen LogP contribution in [0.2, 0.25) is 0 Å². The molecule has 14 rings (SSSR count). The number of para-hydroxylation sites is 6. The zero-order valence-electron chi connectivity index (χ0n) is 33.7. The van der Waals surface area contributed by atoms with Crippen LogP contribution < -0.4 is 0 Å². The molecule has 0 aliphatic carbocycles. The zero-order valence-corrected chi connectivity index (χ0v) is 33.7. The first-order valence-corrected chi connectivity index (χ1v) is 21.2. The molecule has 14 aromatic rings. The molecular weight excluding hydrogens is 773 g/mol. The molecule has 0 aliphatic rings. The van der Waals surface area contributed by atoms with E-state index in [2.05, 4.69) is 229 Å². The maximum atomic E-state index is 5.56. The summed E-state index contributed by atoms with van der Waals surface area (Å²) in [5.74, 6) is 1.59. The molecular formula is C55H34N8. The summed E-state index contributed by atoms with van der Waals surface area (Å²) in [7, 11) is 0. The standard InChI is InChI=1S/C55H34N8/c1-3-15-37(16-4-1)59-29-27-35-31-43-41-21-9-13-25-47(41)62(51(43)33-49(35)59)54-56-53(61-45-23-11-7-19-39(45)40-20-8-12-24-46(40)61)57-55(58-54)63-48-26-14-10-22-42(48)44-32-36-28-30-60(50(36)34-52(44)63)38-17-5-2-6-18-38/h1-34H. The topological polar surface area (TPSA) is 63.3 Å². The number of aromatic nitrogens is 8. The predicted octanol–water partition coefficient (Wildman–Crippen LogP) is 13.1. The SMILES string of the molecule is c1ccc(-n2ccc3cc4c5ccccc5n(-c5nc(-n6c7ccccc7c7ccccc76)nc(-n6c7ccccc7c7cc8ccn(-c9ccccc9)c8cc76)n5)c4cc32)cc1. The summed E-state index contributed by atoms with van der Waals surface area (Å²) >= 11 is 0. The van der Waals surface area contributed by atoms with E-state index < -0.39 is 0 Å². The highest BCUT2D eigenvalue weighted by Gasteiger charge is 2.24. The van der Waals surface area contributed by atoms with Crippen LogP contribution in [0.3, 0.4) is 0 Å². The second kappa shape index (κ2) is 12.9. The fraction of sp³-hybridized carbons (Fsp3) is 0. The minimum Gasteiger partial charge on any atom is -0.316 e. The summed E-state index contributed by atoms with van der Waals surface area (Å²) in [6.07, 6.45) is 4.31.